The van der Waals surface area contributed by atoms with Crippen LogP contribution >= 0.6 is 0 Å². The van der Waals surface area contributed by atoms with E-state index >= 15 is 0 Å². The van der Waals surface area contributed by atoms with Crippen LogP contribution in [0.4, 0.5) is 0 Å². The second-order valence-corrected chi connectivity index (χ2v) is 6.40. The minimum atomic E-state index is -0.375. The van der Waals surface area contributed by atoms with Gasteiger partial charge in [0.25, 0.3) is 0 Å². The lowest BCUT2D eigenvalue weighted by atomic mass is 9.96. The van der Waals surface area contributed by atoms with E-state index in [0.717, 1.165) is 34.1 Å². The smallest absolute Gasteiger partial charge is 0.336 e. The predicted molar refractivity (Wildman–Crippen MR) is 92.7 cm³/mol. The molecule has 4 heteroatoms. The average Bonchev–Trinajstić information content (AvgIpc) is 3.35. The van der Waals surface area contributed by atoms with Gasteiger partial charge in [-0.25, -0.2) is 4.79 Å². The molecule has 2 aromatic carbocycles. The van der Waals surface area contributed by atoms with Crippen LogP contribution in [0.1, 0.15) is 23.5 Å². The first-order valence-electron chi connectivity index (χ1n) is 7.98. The zero-order valence-corrected chi connectivity index (χ0v) is 13.3. The maximum Gasteiger partial charge on any atom is 0.336 e. The molecule has 0 aliphatic heterocycles. The molecule has 1 aliphatic rings. The minimum absolute atomic E-state index is 0.103. The van der Waals surface area contributed by atoms with Crippen molar-refractivity contribution in [2.45, 2.75) is 19.3 Å². The Kier molecular flexibility index (Phi) is 3.27. The van der Waals surface area contributed by atoms with E-state index in [0.29, 0.717) is 5.58 Å². The Labute approximate surface area is 138 Å². The maximum absolute atomic E-state index is 12.0. The Bertz CT molecular complexity index is 1020. The highest BCUT2D eigenvalue weighted by atomic mass is 16.4. The first-order valence-corrected chi connectivity index (χ1v) is 7.98. The van der Waals surface area contributed by atoms with Gasteiger partial charge in [-0.2, -0.15) is 0 Å². The summed E-state index contributed by atoms with van der Waals surface area (Å²) < 4.78 is 5.41. The fourth-order valence-corrected chi connectivity index (χ4v) is 3.39. The number of benzene rings is 2. The summed E-state index contributed by atoms with van der Waals surface area (Å²) in [4.78, 5) is 23.3. The second kappa shape index (κ2) is 5.34. The van der Waals surface area contributed by atoms with Crippen molar-refractivity contribution in [2.24, 2.45) is 11.7 Å². The lowest BCUT2D eigenvalue weighted by molar-refractivity contribution is -0.119. The first-order chi connectivity index (χ1) is 11.5. The summed E-state index contributed by atoms with van der Waals surface area (Å²) in [6.45, 7) is 2.02. The van der Waals surface area contributed by atoms with Crippen molar-refractivity contribution >= 4 is 16.9 Å². The molecule has 1 unspecified atom stereocenters. The van der Waals surface area contributed by atoms with Gasteiger partial charge in [-0.05, 0) is 42.0 Å². The Morgan fingerprint density at radius 2 is 1.92 bits per heavy atom. The van der Waals surface area contributed by atoms with Crippen molar-refractivity contribution in [3.8, 4) is 11.1 Å². The molecule has 3 aromatic rings. The van der Waals surface area contributed by atoms with E-state index in [1.807, 2.05) is 49.4 Å². The van der Waals surface area contributed by atoms with Crippen molar-refractivity contribution < 1.29 is 9.21 Å². The van der Waals surface area contributed by atoms with Crippen LogP contribution in [0.3, 0.4) is 0 Å². The highest BCUT2D eigenvalue weighted by Gasteiger charge is 2.42. The third-order valence-electron chi connectivity index (χ3n) is 4.79. The Hall–Kier alpha value is -2.88. The average molecular weight is 319 g/mol. The number of nitrogens with two attached hydrogens (primary N) is 1. The van der Waals surface area contributed by atoms with Gasteiger partial charge in [0.15, 0.2) is 0 Å². The number of hydrogen-bond donors (Lipinski definition) is 1. The number of aryl methyl sites for hydroxylation is 1. The van der Waals surface area contributed by atoms with Crippen molar-refractivity contribution in [3.05, 3.63) is 70.1 Å². The fraction of sp³-hybridized carbons (Fsp3) is 0.200. The molecule has 120 valence electrons. The highest BCUT2D eigenvalue weighted by Crippen LogP contribution is 2.47. The van der Waals surface area contributed by atoms with Crippen LogP contribution in [-0.2, 0) is 4.79 Å². The van der Waals surface area contributed by atoms with Crippen molar-refractivity contribution in [1.82, 2.24) is 0 Å². The molecular weight excluding hydrogens is 302 g/mol. The summed E-state index contributed by atoms with van der Waals surface area (Å²) in [5, 5.41) is 0.893. The second-order valence-electron chi connectivity index (χ2n) is 6.40. The number of hydrogen-bond acceptors (Lipinski definition) is 3. The molecular formula is C20H17NO3. The molecule has 2 atom stereocenters. The van der Waals surface area contributed by atoms with Crippen LogP contribution < -0.4 is 11.4 Å². The Morgan fingerprint density at radius 3 is 2.62 bits per heavy atom. The molecule has 1 aliphatic carbocycles. The third-order valence-corrected chi connectivity index (χ3v) is 4.79. The molecule has 0 saturated heterocycles. The van der Waals surface area contributed by atoms with Gasteiger partial charge in [0.2, 0.25) is 5.91 Å². The van der Waals surface area contributed by atoms with Gasteiger partial charge < -0.3 is 10.2 Å². The molecule has 0 bridgehead atoms. The largest absolute Gasteiger partial charge is 0.423 e. The lowest BCUT2D eigenvalue weighted by Crippen LogP contribution is -2.13. The number of primary amides is 1. The van der Waals surface area contributed by atoms with E-state index in [4.69, 9.17) is 10.2 Å². The predicted octanol–water partition coefficient (Wildman–Crippen LogP) is 3.36. The number of rotatable bonds is 3. The monoisotopic (exact) mass is 319 g/mol. The van der Waals surface area contributed by atoms with Crippen molar-refractivity contribution in [1.29, 1.82) is 0 Å². The Balaban J connectivity index is 1.87. The van der Waals surface area contributed by atoms with Gasteiger partial charge >= 0.3 is 5.63 Å². The summed E-state index contributed by atoms with van der Waals surface area (Å²) in [6, 6.07) is 15.3. The molecule has 2 N–H and O–H groups in total. The van der Waals surface area contributed by atoms with Crippen LogP contribution in [0, 0.1) is 12.8 Å². The number of carbonyl (C=O) groups is 1. The molecule has 1 aromatic heterocycles. The van der Waals surface area contributed by atoms with E-state index < -0.39 is 0 Å². The van der Waals surface area contributed by atoms with Gasteiger partial charge in [-0.3, -0.25) is 4.79 Å². The molecule has 4 rings (SSSR count). The number of carbonyl (C=O) groups excluding carboxylic acids is 1. The summed E-state index contributed by atoms with van der Waals surface area (Å²) >= 11 is 0. The number of fused-ring (bicyclic) bond motifs is 1. The van der Waals surface area contributed by atoms with E-state index in [1.165, 1.54) is 6.07 Å². The summed E-state index contributed by atoms with van der Waals surface area (Å²) in [6.07, 6.45) is 0.766. The third kappa shape index (κ3) is 2.40. The van der Waals surface area contributed by atoms with Gasteiger partial charge in [-0.1, -0.05) is 36.4 Å². The lowest BCUT2D eigenvalue weighted by Gasteiger charge is -2.09. The van der Waals surface area contributed by atoms with Gasteiger partial charge in [0.1, 0.15) is 5.58 Å². The van der Waals surface area contributed by atoms with E-state index in [2.05, 4.69) is 0 Å². The van der Waals surface area contributed by atoms with E-state index in [1.54, 1.807) is 0 Å². The van der Waals surface area contributed by atoms with Crippen LogP contribution in [0.25, 0.3) is 22.1 Å². The molecule has 4 nitrogen and oxygen atoms in total. The Morgan fingerprint density at radius 1 is 1.12 bits per heavy atom. The summed E-state index contributed by atoms with van der Waals surface area (Å²) in [7, 11) is 0. The fourth-order valence-electron chi connectivity index (χ4n) is 3.39. The van der Waals surface area contributed by atoms with Crippen LogP contribution in [-0.4, -0.2) is 5.91 Å². The highest BCUT2D eigenvalue weighted by molar-refractivity contribution is 5.94. The SMILES string of the molecule is Cc1ccccc1-c1cc(=O)oc2cc([C@H]3CC3C(N)=O)ccc12. The van der Waals surface area contributed by atoms with E-state index in [9.17, 15) is 9.59 Å². The molecule has 1 saturated carbocycles. The zero-order valence-electron chi connectivity index (χ0n) is 13.3. The minimum Gasteiger partial charge on any atom is -0.423 e. The van der Waals surface area contributed by atoms with Crippen molar-refractivity contribution in [2.75, 3.05) is 0 Å². The first kappa shape index (κ1) is 14.7. The molecule has 1 fully saturated rings. The molecule has 1 amide bonds. The molecule has 1 heterocycles. The summed E-state index contributed by atoms with van der Waals surface area (Å²) in [5.74, 6) is -0.233. The van der Waals surface area contributed by atoms with Gasteiger partial charge in [-0.15, -0.1) is 0 Å². The topological polar surface area (TPSA) is 73.3 Å². The van der Waals surface area contributed by atoms with Crippen LogP contribution in [0.15, 0.2) is 57.7 Å². The zero-order chi connectivity index (χ0) is 16.8. The standard InChI is InChI=1S/C20H17NO3/c1-11-4-2-3-5-13(11)16-10-19(22)24-18-8-12(6-7-14(16)18)15-9-17(15)20(21)23/h2-8,10,15,17H,9H2,1H3,(H2,21,23)/t15-,17?/m1/s1. The molecule has 0 spiro atoms. The van der Waals surface area contributed by atoms with Crippen molar-refractivity contribution in [3.63, 3.8) is 0 Å². The van der Waals surface area contributed by atoms with Crippen LogP contribution in [0.2, 0.25) is 0 Å². The van der Waals surface area contributed by atoms with Crippen LogP contribution in [0.5, 0.6) is 0 Å². The van der Waals surface area contributed by atoms with E-state index in [-0.39, 0.29) is 23.4 Å². The van der Waals surface area contributed by atoms with Gasteiger partial charge in [0, 0.05) is 22.9 Å². The normalized spacial score (nSPS) is 19.4. The number of amides is 1. The quantitative estimate of drug-likeness (QED) is 0.752. The van der Waals surface area contributed by atoms with Gasteiger partial charge in [0.05, 0.1) is 0 Å². The molecule has 24 heavy (non-hydrogen) atoms. The maximum atomic E-state index is 12.0. The summed E-state index contributed by atoms with van der Waals surface area (Å²) in [5.41, 5.74) is 9.53. The molecule has 0 radical (unpaired) electrons.